The summed E-state index contributed by atoms with van der Waals surface area (Å²) in [6, 6.07) is 3.91. The topological polar surface area (TPSA) is 45.2 Å². The van der Waals surface area contributed by atoms with Crippen LogP contribution >= 0.6 is 24.8 Å². The Morgan fingerprint density at radius 2 is 2.00 bits per heavy atom. The first-order chi connectivity index (χ1) is 7.13. The van der Waals surface area contributed by atoms with Gasteiger partial charge in [0.05, 0.1) is 0 Å². The maximum absolute atomic E-state index is 11.0. The number of pyridine rings is 1. The van der Waals surface area contributed by atoms with Crippen molar-refractivity contribution < 1.29 is 4.79 Å². The van der Waals surface area contributed by atoms with E-state index in [0.29, 0.717) is 13.0 Å². The molecule has 1 N–H and O–H groups in total. The molecule has 4 nitrogen and oxygen atoms in total. The second-order valence-electron chi connectivity index (χ2n) is 3.55. The van der Waals surface area contributed by atoms with Gasteiger partial charge in [-0.3, -0.25) is 4.79 Å². The lowest BCUT2D eigenvalue weighted by Crippen LogP contribution is -2.21. The second kappa shape index (κ2) is 9.07. The summed E-state index contributed by atoms with van der Waals surface area (Å²) < 4.78 is 0. The maximum Gasteiger partial charge on any atom is 0.219 e. The molecule has 0 atom stereocenters. The number of anilines is 1. The first kappa shape index (κ1) is 18.4. The maximum atomic E-state index is 11.0. The summed E-state index contributed by atoms with van der Waals surface area (Å²) in [7, 11) is 3.89. The number of hydrogen-bond acceptors (Lipinski definition) is 3. The van der Waals surface area contributed by atoms with E-state index in [0.717, 1.165) is 11.4 Å². The van der Waals surface area contributed by atoms with Crippen molar-refractivity contribution in [2.75, 3.05) is 19.0 Å². The van der Waals surface area contributed by atoms with Crippen molar-refractivity contribution in [3.63, 3.8) is 0 Å². The molecule has 0 saturated carbocycles. The molecular formula is C11H19Cl2N3O. The molecule has 0 bridgehead atoms. The quantitative estimate of drug-likeness (QED) is 0.917. The summed E-state index contributed by atoms with van der Waals surface area (Å²) >= 11 is 0. The van der Waals surface area contributed by atoms with Crippen LogP contribution < -0.4 is 10.2 Å². The van der Waals surface area contributed by atoms with Crippen LogP contribution in [0.25, 0.3) is 0 Å². The zero-order valence-electron chi connectivity index (χ0n) is 10.3. The molecule has 0 aliphatic heterocycles. The molecular weight excluding hydrogens is 261 g/mol. The summed E-state index contributed by atoms with van der Waals surface area (Å²) in [5, 5.41) is 2.80. The van der Waals surface area contributed by atoms with Gasteiger partial charge in [0.1, 0.15) is 5.82 Å². The number of aromatic nitrogens is 1. The van der Waals surface area contributed by atoms with E-state index < -0.39 is 0 Å². The highest BCUT2D eigenvalue weighted by molar-refractivity contribution is 5.85. The lowest BCUT2D eigenvalue weighted by atomic mass is 10.2. The van der Waals surface area contributed by atoms with E-state index in [-0.39, 0.29) is 30.7 Å². The van der Waals surface area contributed by atoms with Gasteiger partial charge in [-0.15, -0.1) is 24.8 Å². The van der Waals surface area contributed by atoms with Crippen LogP contribution in [-0.2, 0) is 11.3 Å². The Morgan fingerprint density at radius 1 is 1.35 bits per heavy atom. The Labute approximate surface area is 115 Å². The number of carbonyl (C=O) groups excluding carboxylic acids is 1. The number of nitrogens with one attached hydrogen (secondary N) is 1. The second-order valence-corrected chi connectivity index (χ2v) is 3.55. The standard InChI is InChI=1S/C11H17N3O.2ClH/c1-4-11(15)13-8-9-5-6-10(12-7-9)14(2)3;;/h5-7H,4,8H2,1-3H3,(H,13,15);2*1H. The van der Waals surface area contributed by atoms with Gasteiger partial charge in [0.15, 0.2) is 0 Å². The van der Waals surface area contributed by atoms with Crippen molar-refractivity contribution in [1.82, 2.24) is 10.3 Å². The number of carbonyl (C=O) groups is 1. The van der Waals surface area contributed by atoms with Gasteiger partial charge >= 0.3 is 0 Å². The Morgan fingerprint density at radius 3 is 2.41 bits per heavy atom. The van der Waals surface area contributed by atoms with E-state index in [1.54, 1.807) is 6.20 Å². The first-order valence-corrected chi connectivity index (χ1v) is 5.02. The molecule has 1 aromatic heterocycles. The number of hydrogen-bond donors (Lipinski definition) is 1. The third-order valence-corrected chi connectivity index (χ3v) is 2.08. The fourth-order valence-corrected chi connectivity index (χ4v) is 1.11. The molecule has 0 aliphatic rings. The minimum absolute atomic E-state index is 0. The number of amides is 1. The van der Waals surface area contributed by atoms with Crippen molar-refractivity contribution in [1.29, 1.82) is 0 Å². The molecule has 0 unspecified atom stereocenters. The molecule has 0 spiro atoms. The molecule has 17 heavy (non-hydrogen) atoms. The Hall–Kier alpha value is -1.00. The number of nitrogens with zero attached hydrogens (tertiary/aromatic N) is 2. The molecule has 0 fully saturated rings. The zero-order valence-corrected chi connectivity index (χ0v) is 11.9. The molecule has 0 saturated heterocycles. The van der Waals surface area contributed by atoms with Crippen LogP contribution in [0.5, 0.6) is 0 Å². The number of rotatable bonds is 4. The lowest BCUT2D eigenvalue weighted by molar-refractivity contribution is -0.120. The highest BCUT2D eigenvalue weighted by Crippen LogP contribution is 2.07. The highest BCUT2D eigenvalue weighted by Gasteiger charge is 1.99. The molecule has 1 heterocycles. The smallest absolute Gasteiger partial charge is 0.219 e. The molecule has 1 aromatic rings. The van der Waals surface area contributed by atoms with Crippen molar-refractivity contribution in [2.45, 2.75) is 19.9 Å². The van der Waals surface area contributed by atoms with E-state index in [1.165, 1.54) is 0 Å². The summed E-state index contributed by atoms with van der Waals surface area (Å²) in [6.45, 7) is 2.39. The molecule has 1 amide bonds. The molecule has 0 radical (unpaired) electrons. The van der Waals surface area contributed by atoms with Crippen molar-refractivity contribution in [3.05, 3.63) is 23.9 Å². The van der Waals surface area contributed by atoms with E-state index in [2.05, 4.69) is 10.3 Å². The van der Waals surface area contributed by atoms with Crippen LogP contribution in [-0.4, -0.2) is 25.0 Å². The Balaban J connectivity index is 0. The summed E-state index contributed by atoms with van der Waals surface area (Å²) in [5.41, 5.74) is 1.02. The van der Waals surface area contributed by atoms with Gasteiger partial charge in [-0.05, 0) is 11.6 Å². The first-order valence-electron chi connectivity index (χ1n) is 5.02. The van der Waals surface area contributed by atoms with E-state index >= 15 is 0 Å². The minimum atomic E-state index is 0. The van der Waals surface area contributed by atoms with Crippen molar-refractivity contribution >= 4 is 36.5 Å². The zero-order chi connectivity index (χ0) is 11.3. The average molecular weight is 280 g/mol. The van der Waals surface area contributed by atoms with Crippen molar-refractivity contribution in [2.24, 2.45) is 0 Å². The van der Waals surface area contributed by atoms with E-state index in [4.69, 9.17) is 0 Å². The monoisotopic (exact) mass is 279 g/mol. The molecule has 1 rings (SSSR count). The summed E-state index contributed by atoms with van der Waals surface area (Å²) in [5.74, 6) is 0.979. The largest absolute Gasteiger partial charge is 0.363 e. The van der Waals surface area contributed by atoms with Gasteiger partial charge in [-0.25, -0.2) is 4.98 Å². The van der Waals surface area contributed by atoms with Crippen LogP contribution in [0.3, 0.4) is 0 Å². The normalized spacial score (nSPS) is 8.65. The van der Waals surface area contributed by atoms with Crippen LogP contribution in [0, 0.1) is 0 Å². The van der Waals surface area contributed by atoms with Crippen molar-refractivity contribution in [3.8, 4) is 0 Å². The SMILES string of the molecule is CCC(=O)NCc1ccc(N(C)C)nc1.Cl.Cl. The van der Waals surface area contributed by atoms with Crippen LogP contribution in [0.1, 0.15) is 18.9 Å². The predicted octanol–water partition coefficient (Wildman–Crippen LogP) is 2.02. The third kappa shape index (κ3) is 6.34. The molecule has 98 valence electrons. The predicted molar refractivity (Wildman–Crippen MR) is 75.2 cm³/mol. The van der Waals surface area contributed by atoms with Crippen LogP contribution in [0.15, 0.2) is 18.3 Å². The molecule has 6 heteroatoms. The fourth-order valence-electron chi connectivity index (χ4n) is 1.11. The summed E-state index contributed by atoms with van der Waals surface area (Å²) in [4.78, 5) is 17.2. The third-order valence-electron chi connectivity index (χ3n) is 2.08. The average Bonchev–Trinajstić information content (AvgIpc) is 2.26. The van der Waals surface area contributed by atoms with Gasteiger partial charge in [-0.1, -0.05) is 13.0 Å². The Kier molecular flexibility index (Phi) is 9.80. The highest BCUT2D eigenvalue weighted by atomic mass is 35.5. The molecule has 0 aliphatic carbocycles. The number of halogens is 2. The van der Waals surface area contributed by atoms with Gasteiger partial charge in [0, 0.05) is 33.3 Å². The van der Waals surface area contributed by atoms with Crippen LogP contribution in [0.2, 0.25) is 0 Å². The molecule has 0 aromatic carbocycles. The summed E-state index contributed by atoms with van der Waals surface area (Å²) in [6.07, 6.45) is 2.30. The van der Waals surface area contributed by atoms with Gasteiger partial charge in [0.25, 0.3) is 0 Å². The Bertz CT molecular complexity index is 328. The lowest BCUT2D eigenvalue weighted by Gasteiger charge is -2.11. The van der Waals surface area contributed by atoms with Gasteiger partial charge in [-0.2, -0.15) is 0 Å². The fraction of sp³-hybridized carbons (Fsp3) is 0.455. The van der Waals surface area contributed by atoms with E-state index in [1.807, 2.05) is 38.1 Å². The van der Waals surface area contributed by atoms with Gasteiger partial charge in [0.2, 0.25) is 5.91 Å². The minimum Gasteiger partial charge on any atom is -0.363 e. The van der Waals surface area contributed by atoms with Gasteiger partial charge < -0.3 is 10.2 Å². The van der Waals surface area contributed by atoms with Crippen LogP contribution in [0.4, 0.5) is 5.82 Å². The van der Waals surface area contributed by atoms with E-state index in [9.17, 15) is 4.79 Å².